The van der Waals surface area contributed by atoms with Crippen molar-refractivity contribution >= 4 is 0 Å². The van der Waals surface area contributed by atoms with Gasteiger partial charge in [0.2, 0.25) is 0 Å². The van der Waals surface area contributed by atoms with Crippen LogP contribution < -0.4 is 5.32 Å². The second-order valence-corrected chi connectivity index (χ2v) is 5.48. The van der Waals surface area contributed by atoms with Gasteiger partial charge in [-0.05, 0) is 37.6 Å². The molecular formula is C17H30N2. The van der Waals surface area contributed by atoms with E-state index in [0.717, 1.165) is 0 Å². The zero-order valence-corrected chi connectivity index (χ0v) is 12.9. The van der Waals surface area contributed by atoms with E-state index in [0.29, 0.717) is 6.04 Å². The van der Waals surface area contributed by atoms with Gasteiger partial charge in [-0.3, -0.25) is 4.98 Å². The standard InChI is InChI=1S/C17H30N2/c1-4-5-6-7-8-9-10-11-17(18-3)16-14-19-13-12-15(16)2/h12-14,17-18H,4-11H2,1-3H3. The summed E-state index contributed by atoms with van der Waals surface area (Å²) in [6.45, 7) is 4.44. The number of unbranched alkanes of at least 4 members (excludes halogenated alkanes) is 6. The summed E-state index contributed by atoms with van der Waals surface area (Å²) in [5.41, 5.74) is 2.70. The van der Waals surface area contributed by atoms with Crippen molar-refractivity contribution in [2.75, 3.05) is 7.05 Å². The van der Waals surface area contributed by atoms with Gasteiger partial charge < -0.3 is 5.32 Å². The van der Waals surface area contributed by atoms with E-state index in [4.69, 9.17) is 0 Å². The lowest BCUT2D eigenvalue weighted by molar-refractivity contribution is 0.493. The Hall–Kier alpha value is -0.890. The third kappa shape index (κ3) is 6.20. The minimum Gasteiger partial charge on any atom is -0.313 e. The number of hydrogen-bond donors (Lipinski definition) is 1. The summed E-state index contributed by atoms with van der Waals surface area (Å²) < 4.78 is 0. The maximum absolute atomic E-state index is 4.25. The normalized spacial score (nSPS) is 12.6. The van der Waals surface area contributed by atoms with Crippen LogP contribution in [-0.4, -0.2) is 12.0 Å². The largest absolute Gasteiger partial charge is 0.313 e. The van der Waals surface area contributed by atoms with E-state index in [2.05, 4.69) is 37.3 Å². The molecule has 0 bridgehead atoms. The smallest absolute Gasteiger partial charge is 0.0335 e. The highest BCUT2D eigenvalue weighted by Crippen LogP contribution is 2.22. The fourth-order valence-corrected chi connectivity index (χ4v) is 2.60. The van der Waals surface area contributed by atoms with Crippen LogP contribution in [0, 0.1) is 6.92 Å². The highest BCUT2D eigenvalue weighted by Gasteiger charge is 2.11. The van der Waals surface area contributed by atoms with Crippen molar-refractivity contribution in [1.29, 1.82) is 0 Å². The lowest BCUT2D eigenvalue weighted by Gasteiger charge is -2.18. The quantitative estimate of drug-likeness (QED) is 0.613. The highest BCUT2D eigenvalue weighted by atomic mass is 14.9. The van der Waals surface area contributed by atoms with Gasteiger partial charge in [-0.1, -0.05) is 51.9 Å². The first-order chi connectivity index (χ1) is 9.29. The van der Waals surface area contributed by atoms with Crippen molar-refractivity contribution in [2.24, 2.45) is 0 Å². The molecule has 0 aliphatic carbocycles. The summed E-state index contributed by atoms with van der Waals surface area (Å²) in [5, 5.41) is 3.43. The second kappa shape index (κ2) is 9.96. The Bertz CT molecular complexity index is 336. The van der Waals surface area contributed by atoms with Gasteiger partial charge in [0, 0.05) is 18.4 Å². The molecule has 0 saturated heterocycles. The van der Waals surface area contributed by atoms with E-state index < -0.39 is 0 Å². The first-order valence-corrected chi connectivity index (χ1v) is 7.87. The molecule has 0 saturated carbocycles. The Morgan fingerprint density at radius 2 is 1.79 bits per heavy atom. The molecule has 108 valence electrons. The molecule has 0 fully saturated rings. The molecule has 1 rings (SSSR count). The van der Waals surface area contributed by atoms with Gasteiger partial charge in [-0.15, -0.1) is 0 Å². The molecule has 1 heterocycles. The summed E-state index contributed by atoms with van der Waals surface area (Å²) >= 11 is 0. The van der Waals surface area contributed by atoms with Crippen LogP contribution in [0.15, 0.2) is 18.5 Å². The molecule has 1 N–H and O–H groups in total. The Labute approximate surface area is 119 Å². The number of aryl methyl sites for hydroxylation is 1. The highest BCUT2D eigenvalue weighted by molar-refractivity contribution is 5.24. The third-order valence-electron chi connectivity index (χ3n) is 3.90. The van der Waals surface area contributed by atoms with E-state index in [-0.39, 0.29) is 0 Å². The molecule has 0 radical (unpaired) electrons. The fourth-order valence-electron chi connectivity index (χ4n) is 2.60. The predicted octanol–water partition coefficient (Wildman–Crippen LogP) is 4.79. The molecule has 1 aromatic heterocycles. The Morgan fingerprint density at radius 1 is 1.11 bits per heavy atom. The Balaban J connectivity index is 2.24. The van der Waals surface area contributed by atoms with Gasteiger partial charge in [-0.25, -0.2) is 0 Å². The number of hydrogen-bond acceptors (Lipinski definition) is 2. The molecule has 0 aliphatic rings. The van der Waals surface area contributed by atoms with Crippen molar-refractivity contribution < 1.29 is 0 Å². The van der Waals surface area contributed by atoms with Crippen molar-refractivity contribution in [3.63, 3.8) is 0 Å². The van der Waals surface area contributed by atoms with Crippen LogP contribution in [0.1, 0.15) is 75.5 Å². The van der Waals surface area contributed by atoms with Crippen molar-refractivity contribution in [3.05, 3.63) is 29.6 Å². The van der Waals surface area contributed by atoms with Crippen LogP contribution in [-0.2, 0) is 0 Å². The van der Waals surface area contributed by atoms with Crippen LogP contribution in [0.3, 0.4) is 0 Å². The number of pyridine rings is 1. The molecule has 19 heavy (non-hydrogen) atoms. The van der Waals surface area contributed by atoms with E-state index in [9.17, 15) is 0 Å². The van der Waals surface area contributed by atoms with Crippen LogP contribution in [0.5, 0.6) is 0 Å². The SMILES string of the molecule is CCCCCCCCCC(NC)c1cnccc1C. The zero-order valence-electron chi connectivity index (χ0n) is 12.9. The van der Waals surface area contributed by atoms with Crippen LogP contribution in [0.25, 0.3) is 0 Å². The van der Waals surface area contributed by atoms with Crippen molar-refractivity contribution in [1.82, 2.24) is 10.3 Å². The fraction of sp³-hybridized carbons (Fsp3) is 0.706. The van der Waals surface area contributed by atoms with Gasteiger partial charge in [0.25, 0.3) is 0 Å². The van der Waals surface area contributed by atoms with E-state index in [1.54, 1.807) is 0 Å². The first-order valence-electron chi connectivity index (χ1n) is 7.87. The van der Waals surface area contributed by atoms with Crippen LogP contribution in [0.2, 0.25) is 0 Å². The van der Waals surface area contributed by atoms with Gasteiger partial charge in [0.05, 0.1) is 0 Å². The van der Waals surface area contributed by atoms with Gasteiger partial charge in [0.15, 0.2) is 0 Å². The van der Waals surface area contributed by atoms with Crippen LogP contribution in [0.4, 0.5) is 0 Å². The van der Waals surface area contributed by atoms with Gasteiger partial charge >= 0.3 is 0 Å². The number of aromatic nitrogens is 1. The molecule has 2 nitrogen and oxygen atoms in total. The summed E-state index contributed by atoms with van der Waals surface area (Å²) in [4.78, 5) is 4.25. The molecule has 0 aromatic carbocycles. The minimum atomic E-state index is 0.462. The van der Waals surface area contributed by atoms with Crippen molar-refractivity contribution in [3.8, 4) is 0 Å². The van der Waals surface area contributed by atoms with Gasteiger partial charge in [-0.2, -0.15) is 0 Å². The molecule has 1 unspecified atom stereocenters. The monoisotopic (exact) mass is 262 g/mol. The van der Waals surface area contributed by atoms with E-state index in [1.165, 1.54) is 62.5 Å². The summed E-state index contributed by atoms with van der Waals surface area (Å²) in [6, 6.07) is 2.56. The topological polar surface area (TPSA) is 24.9 Å². The predicted molar refractivity (Wildman–Crippen MR) is 83.4 cm³/mol. The minimum absolute atomic E-state index is 0.462. The zero-order chi connectivity index (χ0) is 13.9. The number of rotatable bonds is 10. The van der Waals surface area contributed by atoms with Gasteiger partial charge in [0.1, 0.15) is 0 Å². The molecule has 1 atom stereocenters. The molecular weight excluding hydrogens is 232 g/mol. The average Bonchev–Trinajstić information content (AvgIpc) is 2.43. The number of nitrogens with zero attached hydrogens (tertiary/aromatic N) is 1. The second-order valence-electron chi connectivity index (χ2n) is 5.48. The average molecular weight is 262 g/mol. The third-order valence-corrected chi connectivity index (χ3v) is 3.90. The molecule has 0 spiro atoms. The molecule has 0 amide bonds. The lowest BCUT2D eigenvalue weighted by Crippen LogP contribution is -2.17. The van der Waals surface area contributed by atoms with E-state index in [1.807, 2.05) is 12.4 Å². The maximum Gasteiger partial charge on any atom is 0.0335 e. The van der Waals surface area contributed by atoms with E-state index >= 15 is 0 Å². The van der Waals surface area contributed by atoms with Crippen molar-refractivity contribution in [2.45, 2.75) is 71.3 Å². The Kier molecular flexibility index (Phi) is 8.48. The maximum atomic E-state index is 4.25. The first kappa shape index (κ1) is 16.2. The van der Waals surface area contributed by atoms with Crippen LogP contribution >= 0.6 is 0 Å². The lowest BCUT2D eigenvalue weighted by atomic mass is 9.98. The summed E-state index contributed by atoms with van der Waals surface area (Å²) in [5.74, 6) is 0. The molecule has 2 heteroatoms. The number of nitrogens with one attached hydrogen (secondary N) is 1. The summed E-state index contributed by atoms with van der Waals surface area (Å²) in [6.07, 6.45) is 14.7. The Morgan fingerprint density at radius 3 is 2.42 bits per heavy atom. The molecule has 0 aliphatic heterocycles. The molecule has 1 aromatic rings. The summed E-state index contributed by atoms with van der Waals surface area (Å²) in [7, 11) is 2.05.